The number of rotatable bonds is 5. The van der Waals surface area contributed by atoms with Gasteiger partial charge in [-0.3, -0.25) is 4.79 Å². The van der Waals surface area contributed by atoms with Crippen molar-refractivity contribution in [2.45, 2.75) is 13.5 Å². The van der Waals surface area contributed by atoms with Gasteiger partial charge in [-0.1, -0.05) is 48.0 Å². The summed E-state index contributed by atoms with van der Waals surface area (Å²) in [5.41, 5.74) is 3.53. The van der Waals surface area contributed by atoms with Crippen LogP contribution in [0.25, 0.3) is 6.08 Å². The van der Waals surface area contributed by atoms with Crippen LogP contribution >= 0.6 is 55.2 Å². The monoisotopic (exact) mass is 590 g/mol. The SMILES string of the molecule is Cc1c(Cl)cccc1N=C1NC(=O)/C(=C\c2cc(Br)c(OCc3ccccc3)c(Br)c2)S1. The lowest BCUT2D eigenvalue weighted by molar-refractivity contribution is -0.115. The number of amides is 1. The minimum Gasteiger partial charge on any atom is -0.487 e. The third-order valence-corrected chi connectivity index (χ3v) is 7.15. The van der Waals surface area contributed by atoms with E-state index in [2.05, 4.69) is 42.2 Å². The van der Waals surface area contributed by atoms with Gasteiger partial charge >= 0.3 is 0 Å². The molecule has 1 N–H and O–H groups in total. The van der Waals surface area contributed by atoms with Crippen LogP contribution in [-0.2, 0) is 11.4 Å². The molecule has 32 heavy (non-hydrogen) atoms. The molecule has 0 atom stereocenters. The van der Waals surface area contributed by atoms with Gasteiger partial charge in [-0.15, -0.1) is 0 Å². The van der Waals surface area contributed by atoms with Gasteiger partial charge in [0, 0.05) is 5.02 Å². The number of halogens is 3. The number of nitrogens with one attached hydrogen (secondary N) is 1. The molecule has 1 saturated heterocycles. The van der Waals surface area contributed by atoms with Gasteiger partial charge in [-0.2, -0.15) is 0 Å². The van der Waals surface area contributed by atoms with Gasteiger partial charge in [0.05, 0.1) is 19.5 Å². The van der Waals surface area contributed by atoms with Crippen molar-refractivity contribution in [1.82, 2.24) is 5.32 Å². The van der Waals surface area contributed by atoms with Crippen LogP contribution in [0.1, 0.15) is 16.7 Å². The fourth-order valence-corrected chi connectivity index (χ4v) is 5.44. The largest absolute Gasteiger partial charge is 0.487 e. The first kappa shape index (κ1) is 23.1. The molecule has 0 spiro atoms. The van der Waals surface area contributed by atoms with Crippen molar-refractivity contribution in [3.63, 3.8) is 0 Å². The second-order valence-corrected chi connectivity index (χ2v) is 10.1. The molecule has 1 fully saturated rings. The average molecular weight is 593 g/mol. The van der Waals surface area contributed by atoms with Gasteiger partial charge in [0.15, 0.2) is 5.17 Å². The van der Waals surface area contributed by atoms with E-state index in [1.807, 2.05) is 73.7 Å². The van der Waals surface area contributed by atoms with Gasteiger partial charge in [0.1, 0.15) is 12.4 Å². The van der Waals surface area contributed by atoms with Gasteiger partial charge in [0.2, 0.25) is 0 Å². The number of carbonyl (C=O) groups excluding carboxylic acids is 1. The quantitative estimate of drug-likeness (QED) is 0.310. The van der Waals surface area contributed by atoms with Crippen LogP contribution in [0.15, 0.2) is 79.5 Å². The highest BCUT2D eigenvalue weighted by molar-refractivity contribution is 9.11. The maximum absolute atomic E-state index is 12.5. The van der Waals surface area contributed by atoms with E-state index in [4.69, 9.17) is 16.3 Å². The van der Waals surface area contributed by atoms with Crippen LogP contribution in [0.5, 0.6) is 5.75 Å². The summed E-state index contributed by atoms with van der Waals surface area (Å²) in [4.78, 5) is 17.6. The van der Waals surface area contributed by atoms with Gasteiger partial charge in [0.25, 0.3) is 5.91 Å². The number of ether oxygens (including phenoxy) is 1. The predicted molar refractivity (Wildman–Crippen MR) is 140 cm³/mol. The third-order valence-electron chi connectivity index (χ3n) is 4.66. The van der Waals surface area contributed by atoms with E-state index in [1.54, 1.807) is 0 Å². The van der Waals surface area contributed by atoms with E-state index < -0.39 is 0 Å². The van der Waals surface area contributed by atoms with Crippen LogP contribution in [0.2, 0.25) is 5.02 Å². The highest BCUT2D eigenvalue weighted by Crippen LogP contribution is 2.37. The Labute approximate surface area is 212 Å². The smallest absolute Gasteiger partial charge is 0.264 e. The molecular formula is C24H17Br2ClN2O2S. The van der Waals surface area contributed by atoms with Gasteiger partial charge in [-0.05, 0) is 97.6 Å². The highest BCUT2D eigenvalue weighted by atomic mass is 79.9. The summed E-state index contributed by atoms with van der Waals surface area (Å²) < 4.78 is 7.56. The van der Waals surface area contributed by atoms with Crippen molar-refractivity contribution >= 4 is 78.1 Å². The molecule has 0 aromatic heterocycles. The highest BCUT2D eigenvalue weighted by Gasteiger charge is 2.24. The number of nitrogens with zero attached hydrogens (tertiary/aromatic N) is 1. The standard InChI is InChI=1S/C24H17Br2ClN2O2S/c1-14-19(27)8-5-9-20(14)28-24-29-23(30)21(32-24)12-16-10-17(25)22(18(26)11-16)31-13-15-6-3-2-4-7-15/h2-12H,13H2,1H3,(H,28,29,30)/b21-12+. The van der Waals surface area contributed by atoms with Crippen LogP contribution in [0.3, 0.4) is 0 Å². The molecule has 0 aliphatic carbocycles. The van der Waals surface area contributed by atoms with Crippen LogP contribution in [0, 0.1) is 6.92 Å². The van der Waals surface area contributed by atoms with Crippen molar-refractivity contribution < 1.29 is 9.53 Å². The molecular weight excluding hydrogens is 576 g/mol. The molecule has 8 heteroatoms. The Balaban J connectivity index is 1.52. The molecule has 1 amide bonds. The third kappa shape index (κ3) is 5.46. The van der Waals surface area contributed by atoms with Crippen LogP contribution < -0.4 is 10.1 Å². The van der Waals surface area contributed by atoms with E-state index in [1.165, 1.54) is 11.8 Å². The van der Waals surface area contributed by atoms with Crippen molar-refractivity contribution in [3.8, 4) is 5.75 Å². The Morgan fingerprint density at radius 1 is 1.09 bits per heavy atom. The molecule has 1 aliphatic heterocycles. The summed E-state index contributed by atoms with van der Waals surface area (Å²) in [6.45, 7) is 2.36. The minimum atomic E-state index is -0.190. The Kier molecular flexibility index (Phi) is 7.40. The second kappa shape index (κ2) is 10.3. The fourth-order valence-electron chi connectivity index (χ4n) is 2.99. The zero-order valence-electron chi connectivity index (χ0n) is 16.9. The van der Waals surface area contributed by atoms with Crippen molar-refractivity contribution in [2.24, 2.45) is 4.99 Å². The average Bonchev–Trinajstić information content (AvgIpc) is 3.10. The van der Waals surface area contributed by atoms with E-state index in [0.29, 0.717) is 27.5 Å². The second-order valence-electron chi connectivity index (χ2n) is 6.95. The van der Waals surface area contributed by atoms with E-state index in [-0.39, 0.29) is 5.91 Å². The lowest BCUT2D eigenvalue weighted by Crippen LogP contribution is -2.19. The van der Waals surface area contributed by atoms with Gasteiger partial charge in [-0.25, -0.2) is 4.99 Å². The zero-order valence-corrected chi connectivity index (χ0v) is 21.6. The number of hydrogen-bond donors (Lipinski definition) is 1. The molecule has 0 radical (unpaired) electrons. The topological polar surface area (TPSA) is 50.7 Å². The fraction of sp³-hybridized carbons (Fsp3) is 0.0833. The predicted octanol–water partition coefficient (Wildman–Crippen LogP) is 7.64. The molecule has 3 aromatic carbocycles. The van der Waals surface area contributed by atoms with Crippen molar-refractivity contribution in [3.05, 3.63) is 96.2 Å². The molecule has 0 bridgehead atoms. The zero-order chi connectivity index (χ0) is 22.7. The summed E-state index contributed by atoms with van der Waals surface area (Å²) in [5.74, 6) is 0.517. The Morgan fingerprint density at radius 2 is 1.81 bits per heavy atom. The number of thioether (sulfide) groups is 1. The lowest BCUT2D eigenvalue weighted by atomic mass is 10.2. The molecule has 4 nitrogen and oxygen atoms in total. The first-order valence-corrected chi connectivity index (χ1v) is 12.4. The molecule has 0 saturated carbocycles. The van der Waals surface area contributed by atoms with E-state index >= 15 is 0 Å². The molecule has 162 valence electrons. The summed E-state index contributed by atoms with van der Waals surface area (Å²) in [5, 5.41) is 3.97. The molecule has 4 rings (SSSR count). The molecule has 3 aromatic rings. The number of benzene rings is 3. The Bertz CT molecular complexity index is 1220. The first-order chi connectivity index (χ1) is 15.4. The molecule has 0 unspecified atom stereocenters. The summed E-state index contributed by atoms with van der Waals surface area (Å²) in [6.07, 6.45) is 1.82. The van der Waals surface area contributed by atoms with Crippen molar-refractivity contribution in [2.75, 3.05) is 0 Å². The maximum atomic E-state index is 12.5. The van der Waals surface area contributed by atoms with E-state index in [0.717, 1.165) is 31.3 Å². The Morgan fingerprint density at radius 3 is 2.53 bits per heavy atom. The van der Waals surface area contributed by atoms with E-state index in [9.17, 15) is 4.79 Å². The number of amidine groups is 1. The first-order valence-electron chi connectivity index (χ1n) is 9.61. The lowest BCUT2D eigenvalue weighted by Gasteiger charge is -2.11. The maximum Gasteiger partial charge on any atom is 0.264 e. The molecule has 1 aliphatic rings. The van der Waals surface area contributed by atoms with Gasteiger partial charge < -0.3 is 10.1 Å². The number of hydrogen-bond acceptors (Lipinski definition) is 4. The summed E-state index contributed by atoms with van der Waals surface area (Å²) in [7, 11) is 0. The summed E-state index contributed by atoms with van der Waals surface area (Å²) in [6, 6.07) is 19.3. The minimum absolute atomic E-state index is 0.190. The van der Waals surface area contributed by atoms with Crippen LogP contribution in [0.4, 0.5) is 5.69 Å². The summed E-state index contributed by atoms with van der Waals surface area (Å²) >= 11 is 14.6. The number of carbonyl (C=O) groups is 1. The normalized spacial score (nSPS) is 15.9. The Hall–Kier alpha value is -2.06. The van der Waals surface area contributed by atoms with Crippen LogP contribution in [-0.4, -0.2) is 11.1 Å². The number of aliphatic imine (C=N–C) groups is 1. The molecule has 1 heterocycles. The van der Waals surface area contributed by atoms with Crippen molar-refractivity contribution in [1.29, 1.82) is 0 Å².